The summed E-state index contributed by atoms with van der Waals surface area (Å²) >= 11 is 0. The molecular weight excluding hydrogens is 413 g/mol. The molecular formula is C23H28FN5O3. The second kappa shape index (κ2) is 8.54. The Kier molecular flexibility index (Phi) is 5.58. The topological polar surface area (TPSA) is 79.8 Å². The second-order valence-corrected chi connectivity index (χ2v) is 8.80. The fourth-order valence-corrected chi connectivity index (χ4v) is 4.86. The van der Waals surface area contributed by atoms with E-state index in [2.05, 4.69) is 15.3 Å². The summed E-state index contributed by atoms with van der Waals surface area (Å²) in [6.45, 7) is 5.99. The van der Waals surface area contributed by atoms with Gasteiger partial charge in [-0.15, -0.1) is 0 Å². The summed E-state index contributed by atoms with van der Waals surface area (Å²) in [4.78, 5) is 23.7. The van der Waals surface area contributed by atoms with Crippen molar-refractivity contribution in [1.82, 2.24) is 15.3 Å². The number of amides is 1. The monoisotopic (exact) mass is 441 g/mol. The molecule has 0 spiro atoms. The van der Waals surface area contributed by atoms with Crippen molar-refractivity contribution in [2.75, 3.05) is 36.0 Å². The average Bonchev–Trinajstić information content (AvgIpc) is 3.51. The van der Waals surface area contributed by atoms with Gasteiger partial charge in [0.2, 0.25) is 11.7 Å². The van der Waals surface area contributed by atoms with Crippen LogP contribution < -0.4 is 19.9 Å². The quantitative estimate of drug-likeness (QED) is 0.738. The van der Waals surface area contributed by atoms with Crippen LogP contribution in [0.5, 0.6) is 5.75 Å². The number of hydrogen-bond donors (Lipinski definition) is 1. The third-order valence-electron chi connectivity index (χ3n) is 6.47. The zero-order valence-electron chi connectivity index (χ0n) is 18.3. The highest BCUT2D eigenvalue weighted by atomic mass is 19.1. The molecule has 3 aliphatic heterocycles. The lowest BCUT2D eigenvalue weighted by Crippen LogP contribution is -2.38. The number of ether oxygens (including phenoxy) is 2. The maximum absolute atomic E-state index is 15.3. The van der Waals surface area contributed by atoms with Crippen molar-refractivity contribution >= 4 is 17.5 Å². The van der Waals surface area contributed by atoms with Crippen LogP contribution in [-0.2, 0) is 9.53 Å². The van der Waals surface area contributed by atoms with Gasteiger partial charge in [0, 0.05) is 26.4 Å². The molecule has 0 radical (unpaired) electrons. The SMILES string of the molecule is CC(=O)N[C@@H](C)c1ccc(O[C@@H]2CCN(c3ncnc(N4C[C@@H]5C[C@H]4CO5)c3F)C2)cc1. The van der Waals surface area contributed by atoms with Gasteiger partial charge in [-0.3, -0.25) is 4.79 Å². The Morgan fingerprint density at radius 2 is 2.03 bits per heavy atom. The van der Waals surface area contributed by atoms with E-state index in [4.69, 9.17) is 9.47 Å². The van der Waals surface area contributed by atoms with E-state index in [1.54, 1.807) is 0 Å². The van der Waals surface area contributed by atoms with E-state index in [0.29, 0.717) is 37.9 Å². The summed E-state index contributed by atoms with van der Waals surface area (Å²) in [7, 11) is 0. The minimum Gasteiger partial charge on any atom is -0.489 e. The molecule has 32 heavy (non-hydrogen) atoms. The fourth-order valence-electron chi connectivity index (χ4n) is 4.86. The highest BCUT2D eigenvalue weighted by Crippen LogP contribution is 2.35. The Bertz CT molecular complexity index is 988. The molecule has 3 fully saturated rings. The first-order valence-electron chi connectivity index (χ1n) is 11.2. The normalized spacial score (nSPS) is 25.3. The second-order valence-electron chi connectivity index (χ2n) is 8.80. The molecule has 4 heterocycles. The van der Waals surface area contributed by atoms with Crippen LogP contribution in [0.25, 0.3) is 0 Å². The van der Waals surface area contributed by atoms with Crippen LogP contribution in [0.2, 0.25) is 0 Å². The summed E-state index contributed by atoms with van der Waals surface area (Å²) in [5, 5.41) is 2.87. The summed E-state index contributed by atoms with van der Waals surface area (Å²) in [5.41, 5.74) is 1.01. The first kappa shape index (κ1) is 20.9. The van der Waals surface area contributed by atoms with Gasteiger partial charge in [0.15, 0.2) is 11.6 Å². The number of rotatable bonds is 6. The summed E-state index contributed by atoms with van der Waals surface area (Å²) in [5.74, 6) is 1.04. The van der Waals surface area contributed by atoms with Crippen LogP contribution in [-0.4, -0.2) is 60.4 Å². The summed E-state index contributed by atoms with van der Waals surface area (Å²) < 4.78 is 27.1. The maximum Gasteiger partial charge on any atom is 0.217 e. The predicted octanol–water partition coefficient (Wildman–Crippen LogP) is 2.45. The van der Waals surface area contributed by atoms with E-state index < -0.39 is 0 Å². The predicted molar refractivity (Wildman–Crippen MR) is 117 cm³/mol. The number of nitrogens with zero attached hydrogens (tertiary/aromatic N) is 4. The lowest BCUT2D eigenvalue weighted by atomic mass is 10.1. The molecule has 170 valence electrons. The number of aromatic nitrogens is 2. The summed E-state index contributed by atoms with van der Waals surface area (Å²) in [6.07, 6.45) is 3.29. The van der Waals surface area contributed by atoms with Gasteiger partial charge in [-0.05, 0) is 31.0 Å². The van der Waals surface area contributed by atoms with Crippen molar-refractivity contribution < 1.29 is 18.7 Å². The van der Waals surface area contributed by atoms with Crippen LogP contribution >= 0.6 is 0 Å². The molecule has 2 bridgehead atoms. The van der Waals surface area contributed by atoms with Gasteiger partial charge in [-0.25, -0.2) is 9.97 Å². The lowest BCUT2D eigenvalue weighted by molar-refractivity contribution is -0.119. The number of benzene rings is 1. The molecule has 8 nitrogen and oxygen atoms in total. The van der Waals surface area contributed by atoms with Gasteiger partial charge >= 0.3 is 0 Å². The van der Waals surface area contributed by atoms with E-state index in [1.165, 1.54) is 13.3 Å². The Morgan fingerprint density at radius 1 is 1.25 bits per heavy atom. The number of carbonyl (C=O) groups excluding carboxylic acids is 1. The number of carbonyl (C=O) groups is 1. The highest BCUT2D eigenvalue weighted by Gasteiger charge is 2.41. The van der Waals surface area contributed by atoms with Crippen molar-refractivity contribution in [3.05, 3.63) is 42.0 Å². The Morgan fingerprint density at radius 3 is 2.72 bits per heavy atom. The number of fused-ring (bicyclic) bond motifs is 2. The van der Waals surface area contributed by atoms with E-state index >= 15 is 4.39 Å². The molecule has 1 amide bonds. The first-order chi connectivity index (χ1) is 15.5. The Balaban J connectivity index is 1.22. The zero-order valence-corrected chi connectivity index (χ0v) is 18.3. The number of anilines is 2. The fraction of sp³-hybridized carbons (Fsp3) is 0.522. The van der Waals surface area contributed by atoms with Crippen molar-refractivity contribution in [2.24, 2.45) is 0 Å². The smallest absolute Gasteiger partial charge is 0.217 e. The molecule has 1 aromatic carbocycles. The van der Waals surface area contributed by atoms with Crippen LogP contribution in [0.3, 0.4) is 0 Å². The molecule has 2 aromatic rings. The molecule has 0 unspecified atom stereocenters. The van der Waals surface area contributed by atoms with Gasteiger partial charge in [-0.1, -0.05) is 12.1 Å². The largest absolute Gasteiger partial charge is 0.489 e. The third kappa shape index (κ3) is 4.09. The molecule has 9 heteroatoms. The maximum atomic E-state index is 15.3. The van der Waals surface area contributed by atoms with E-state index in [9.17, 15) is 4.79 Å². The highest BCUT2D eigenvalue weighted by molar-refractivity contribution is 5.73. The lowest BCUT2D eigenvalue weighted by Gasteiger charge is -2.29. The molecule has 1 aromatic heterocycles. The van der Waals surface area contributed by atoms with Crippen LogP contribution in [0.4, 0.5) is 16.0 Å². The molecule has 5 rings (SSSR count). The average molecular weight is 442 g/mol. The van der Waals surface area contributed by atoms with Gasteiger partial charge < -0.3 is 24.6 Å². The molecule has 4 atom stereocenters. The van der Waals surface area contributed by atoms with E-state index in [-0.39, 0.29) is 36.0 Å². The van der Waals surface area contributed by atoms with Crippen LogP contribution in [0.15, 0.2) is 30.6 Å². The number of hydrogen-bond acceptors (Lipinski definition) is 7. The van der Waals surface area contributed by atoms with Gasteiger partial charge in [0.05, 0.1) is 31.3 Å². The van der Waals surface area contributed by atoms with Crippen molar-refractivity contribution in [3.8, 4) is 5.75 Å². The zero-order chi connectivity index (χ0) is 22.2. The number of halogens is 1. The van der Waals surface area contributed by atoms with Crippen molar-refractivity contribution in [3.63, 3.8) is 0 Å². The summed E-state index contributed by atoms with van der Waals surface area (Å²) in [6, 6.07) is 7.85. The minimum absolute atomic E-state index is 0.0531. The van der Waals surface area contributed by atoms with Crippen LogP contribution in [0.1, 0.15) is 38.3 Å². The van der Waals surface area contributed by atoms with Gasteiger partial charge in [-0.2, -0.15) is 4.39 Å². The number of morpholine rings is 1. The molecule has 0 saturated carbocycles. The molecule has 3 saturated heterocycles. The molecule has 1 N–H and O–H groups in total. The van der Waals surface area contributed by atoms with Crippen molar-refractivity contribution in [1.29, 1.82) is 0 Å². The number of nitrogens with one attached hydrogen (secondary N) is 1. The minimum atomic E-state index is -0.364. The van der Waals surface area contributed by atoms with Crippen molar-refractivity contribution in [2.45, 2.75) is 51.0 Å². The first-order valence-corrected chi connectivity index (χ1v) is 11.2. The van der Waals surface area contributed by atoms with Gasteiger partial charge in [0.1, 0.15) is 18.2 Å². The van der Waals surface area contributed by atoms with Crippen LogP contribution in [0, 0.1) is 5.82 Å². The Hall–Kier alpha value is -2.94. The molecule has 3 aliphatic rings. The van der Waals surface area contributed by atoms with E-state index in [1.807, 2.05) is 41.0 Å². The third-order valence-corrected chi connectivity index (χ3v) is 6.47. The van der Waals surface area contributed by atoms with E-state index in [0.717, 1.165) is 24.2 Å². The molecule has 0 aliphatic carbocycles. The Labute approximate surface area is 186 Å². The standard InChI is InChI=1S/C23H28FN5O3/c1-14(27-15(2)30)16-3-5-18(6-4-16)32-19-7-8-28(10-19)22-21(24)23(26-13-25-22)29-11-20-9-17(29)12-31-20/h3-6,13-14,17,19-20H,7-12H2,1-2H3,(H,27,30)/t14-,17-,19+,20-/m0/s1. The van der Waals surface area contributed by atoms with Gasteiger partial charge in [0.25, 0.3) is 0 Å².